The highest BCUT2D eigenvalue weighted by Crippen LogP contribution is 2.12. The summed E-state index contributed by atoms with van der Waals surface area (Å²) in [6.07, 6.45) is 1.47. The summed E-state index contributed by atoms with van der Waals surface area (Å²) in [6.45, 7) is 0.933. The first-order chi connectivity index (χ1) is 9.63. The third-order valence-electron chi connectivity index (χ3n) is 3.04. The van der Waals surface area contributed by atoms with Gasteiger partial charge in [-0.25, -0.2) is 0 Å². The van der Waals surface area contributed by atoms with Gasteiger partial charge in [0.05, 0.1) is 18.5 Å². The number of ether oxygens (including phenoxy) is 1. The second kappa shape index (κ2) is 6.21. The van der Waals surface area contributed by atoms with Crippen LogP contribution in [0.1, 0.15) is 21.6 Å². The minimum absolute atomic E-state index is 0.241. The first-order valence-corrected chi connectivity index (χ1v) is 6.25. The van der Waals surface area contributed by atoms with Crippen molar-refractivity contribution >= 4 is 11.6 Å². The molecule has 1 amide bonds. The van der Waals surface area contributed by atoms with Gasteiger partial charge in [0, 0.05) is 20.7 Å². The van der Waals surface area contributed by atoms with Crippen molar-refractivity contribution in [2.24, 2.45) is 7.05 Å². The van der Waals surface area contributed by atoms with Crippen LogP contribution in [0.5, 0.6) is 0 Å². The molecule has 106 valence electrons. The zero-order valence-corrected chi connectivity index (χ0v) is 11.6. The van der Waals surface area contributed by atoms with Crippen LogP contribution in [0.3, 0.4) is 0 Å². The first kappa shape index (κ1) is 14.1. The number of benzene rings is 1. The van der Waals surface area contributed by atoms with Gasteiger partial charge in [-0.2, -0.15) is 5.10 Å². The molecule has 6 nitrogen and oxygen atoms in total. The molecule has 20 heavy (non-hydrogen) atoms. The van der Waals surface area contributed by atoms with Gasteiger partial charge in [-0.05, 0) is 11.1 Å². The quantitative estimate of drug-likeness (QED) is 0.854. The van der Waals surface area contributed by atoms with Crippen LogP contribution in [0.4, 0.5) is 5.69 Å². The number of nitrogens with two attached hydrogens (primary N) is 1. The van der Waals surface area contributed by atoms with Gasteiger partial charge in [-0.15, -0.1) is 0 Å². The second-order valence-electron chi connectivity index (χ2n) is 4.46. The molecule has 0 spiro atoms. The predicted octanol–water partition coefficient (Wildman–Crippen LogP) is 1.08. The third kappa shape index (κ3) is 2.97. The normalized spacial score (nSPS) is 10.5. The SMILES string of the molecule is COCc1ccccc1CNC(=O)c1c(N)cnn1C. The zero-order chi connectivity index (χ0) is 14.5. The number of carbonyl (C=O) groups excluding carboxylic acids is 1. The van der Waals surface area contributed by atoms with Crippen molar-refractivity contribution in [1.82, 2.24) is 15.1 Å². The lowest BCUT2D eigenvalue weighted by molar-refractivity contribution is 0.0942. The van der Waals surface area contributed by atoms with Crippen LogP contribution in [-0.2, 0) is 24.9 Å². The Balaban J connectivity index is 2.08. The van der Waals surface area contributed by atoms with E-state index in [9.17, 15) is 4.79 Å². The average Bonchev–Trinajstić information content (AvgIpc) is 2.77. The number of nitrogens with one attached hydrogen (secondary N) is 1. The average molecular weight is 274 g/mol. The number of hydrogen-bond acceptors (Lipinski definition) is 4. The molecule has 2 rings (SSSR count). The van der Waals surface area contributed by atoms with Crippen molar-refractivity contribution in [1.29, 1.82) is 0 Å². The van der Waals surface area contributed by atoms with Gasteiger partial charge in [0.2, 0.25) is 0 Å². The van der Waals surface area contributed by atoms with E-state index in [2.05, 4.69) is 10.4 Å². The minimum atomic E-state index is -0.241. The van der Waals surface area contributed by atoms with E-state index >= 15 is 0 Å². The van der Waals surface area contributed by atoms with Crippen LogP contribution in [0, 0.1) is 0 Å². The van der Waals surface area contributed by atoms with Crippen LogP contribution < -0.4 is 11.1 Å². The fraction of sp³-hybridized carbons (Fsp3) is 0.286. The molecule has 0 saturated carbocycles. The molecule has 0 atom stereocenters. The number of aromatic nitrogens is 2. The van der Waals surface area contributed by atoms with Crippen LogP contribution in [0.15, 0.2) is 30.5 Å². The number of hydrogen-bond donors (Lipinski definition) is 2. The summed E-state index contributed by atoms with van der Waals surface area (Å²) >= 11 is 0. The van der Waals surface area contributed by atoms with Crippen molar-refractivity contribution < 1.29 is 9.53 Å². The molecular formula is C14H18N4O2. The number of aryl methyl sites for hydroxylation is 1. The highest BCUT2D eigenvalue weighted by molar-refractivity contribution is 5.97. The summed E-state index contributed by atoms with van der Waals surface area (Å²) in [7, 11) is 3.33. The van der Waals surface area contributed by atoms with Gasteiger partial charge >= 0.3 is 0 Å². The van der Waals surface area contributed by atoms with Crippen molar-refractivity contribution in [3.63, 3.8) is 0 Å². The van der Waals surface area contributed by atoms with Gasteiger partial charge in [-0.3, -0.25) is 9.48 Å². The van der Waals surface area contributed by atoms with Gasteiger partial charge in [-0.1, -0.05) is 24.3 Å². The minimum Gasteiger partial charge on any atom is -0.396 e. The van der Waals surface area contributed by atoms with Gasteiger partial charge in [0.25, 0.3) is 5.91 Å². The van der Waals surface area contributed by atoms with E-state index in [1.807, 2.05) is 24.3 Å². The Morgan fingerprint density at radius 3 is 2.70 bits per heavy atom. The number of nitrogens with zero attached hydrogens (tertiary/aromatic N) is 2. The Labute approximate surface area is 117 Å². The summed E-state index contributed by atoms with van der Waals surface area (Å²) in [4.78, 5) is 12.1. The van der Waals surface area contributed by atoms with Crippen molar-refractivity contribution in [2.75, 3.05) is 12.8 Å². The smallest absolute Gasteiger partial charge is 0.271 e. The van der Waals surface area contributed by atoms with Crippen molar-refractivity contribution in [3.05, 3.63) is 47.3 Å². The Hall–Kier alpha value is -2.34. The maximum Gasteiger partial charge on any atom is 0.271 e. The number of anilines is 1. The number of amides is 1. The largest absolute Gasteiger partial charge is 0.396 e. The van der Waals surface area contributed by atoms with E-state index in [0.29, 0.717) is 24.5 Å². The number of nitrogen functional groups attached to an aromatic ring is 1. The molecule has 3 N–H and O–H groups in total. The molecule has 1 aromatic heterocycles. The summed E-state index contributed by atoms with van der Waals surface area (Å²) in [5.74, 6) is -0.241. The van der Waals surface area contributed by atoms with Gasteiger partial charge in [0.15, 0.2) is 0 Å². The molecule has 0 fully saturated rings. The van der Waals surface area contributed by atoms with Crippen molar-refractivity contribution in [3.8, 4) is 0 Å². The predicted molar refractivity (Wildman–Crippen MR) is 75.9 cm³/mol. The molecule has 6 heteroatoms. The monoisotopic (exact) mass is 274 g/mol. The van der Waals surface area contributed by atoms with Crippen LogP contribution in [0.25, 0.3) is 0 Å². The molecule has 2 aromatic rings. The highest BCUT2D eigenvalue weighted by Gasteiger charge is 2.14. The Morgan fingerprint density at radius 1 is 1.40 bits per heavy atom. The molecule has 0 aliphatic carbocycles. The van der Waals surface area contributed by atoms with Gasteiger partial charge in [0.1, 0.15) is 5.69 Å². The molecule has 1 aromatic carbocycles. The summed E-state index contributed by atoms with van der Waals surface area (Å²) < 4.78 is 6.60. The van der Waals surface area contributed by atoms with E-state index in [1.54, 1.807) is 14.2 Å². The van der Waals surface area contributed by atoms with E-state index < -0.39 is 0 Å². The van der Waals surface area contributed by atoms with Crippen LogP contribution >= 0.6 is 0 Å². The second-order valence-corrected chi connectivity index (χ2v) is 4.46. The molecule has 0 aliphatic rings. The number of rotatable bonds is 5. The first-order valence-electron chi connectivity index (χ1n) is 6.25. The fourth-order valence-corrected chi connectivity index (χ4v) is 2.02. The summed E-state index contributed by atoms with van der Waals surface area (Å²) in [5, 5.41) is 6.80. The highest BCUT2D eigenvalue weighted by atomic mass is 16.5. The summed E-state index contributed by atoms with van der Waals surface area (Å²) in [5.41, 5.74) is 8.53. The Kier molecular flexibility index (Phi) is 4.37. The Bertz CT molecular complexity index is 587. The Morgan fingerprint density at radius 2 is 2.10 bits per heavy atom. The standard InChI is InChI=1S/C14H18N4O2/c1-18-13(12(15)8-17-18)14(19)16-7-10-5-3-4-6-11(10)9-20-2/h3-6,8H,7,9,15H2,1-2H3,(H,16,19). The van der Waals surface area contributed by atoms with E-state index in [4.69, 9.17) is 10.5 Å². The molecule has 0 aliphatic heterocycles. The molecule has 1 heterocycles. The summed E-state index contributed by atoms with van der Waals surface area (Å²) in [6, 6.07) is 7.81. The van der Waals surface area contributed by atoms with Gasteiger partial charge < -0.3 is 15.8 Å². The number of methoxy groups -OCH3 is 1. The van der Waals surface area contributed by atoms with Crippen LogP contribution in [-0.4, -0.2) is 22.8 Å². The van der Waals surface area contributed by atoms with E-state index in [1.165, 1.54) is 10.9 Å². The topological polar surface area (TPSA) is 82.2 Å². The molecule has 0 unspecified atom stereocenters. The molecular weight excluding hydrogens is 256 g/mol. The zero-order valence-electron chi connectivity index (χ0n) is 11.6. The van der Waals surface area contributed by atoms with E-state index in [-0.39, 0.29) is 5.91 Å². The van der Waals surface area contributed by atoms with E-state index in [0.717, 1.165) is 11.1 Å². The molecule has 0 bridgehead atoms. The maximum atomic E-state index is 12.1. The molecule has 0 radical (unpaired) electrons. The molecule has 0 saturated heterocycles. The lowest BCUT2D eigenvalue weighted by atomic mass is 10.1. The number of carbonyl (C=O) groups is 1. The third-order valence-corrected chi connectivity index (χ3v) is 3.04. The van der Waals surface area contributed by atoms with Crippen molar-refractivity contribution in [2.45, 2.75) is 13.2 Å². The fourth-order valence-electron chi connectivity index (χ4n) is 2.02. The lowest BCUT2D eigenvalue weighted by Gasteiger charge is -2.10. The maximum absolute atomic E-state index is 12.1. The lowest BCUT2D eigenvalue weighted by Crippen LogP contribution is -2.26. The van der Waals surface area contributed by atoms with Crippen LogP contribution in [0.2, 0.25) is 0 Å².